The van der Waals surface area contributed by atoms with Crippen molar-refractivity contribution in [3.63, 3.8) is 0 Å². The van der Waals surface area contributed by atoms with Crippen molar-refractivity contribution in [2.45, 2.75) is 24.9 Å². The molecule has 0 aromatic heterocycles. The summed E-state index contributed by atoms with van der Waals surface area (Å²) in [4.78, 5) is 35.5. The number of hydrogen-bond donors (Lipinski definition) is 0. The number of rotatable bonds is 0. The average molecular weight is 230 g/mol. The van der Waals surface area contributed by atoms with Gasteiger partial charge in [0, 0.05) is 12.8 Å². The zero-order valence-corrected chi connectivity index (χ0v) is 9.06. The van der Waals surface area contributed by atoms with Crippen LogP contribution in [0.25, 0.3) is 0 Å². The van der Waals surface area contributed by atoms with E-state index in [0.717, 1.165) is 0 Å². The van der Waals surface area contributed by atoms with Gasteiger partial charge < -0.3 is 4.74 Å². The Balaban J connectivity index is 2.10. The van der Waals surface area contributed by atoms with E-state index in [1.165, 1.54) is 12.2 Å². The molecule has 3 rings (SSSR count). The molecule has 0 amide bonds. The lowest BCUT2D eigenvalue weighted by atomic mass is 9.82. The first-order chi connectivity index (χ1) is 8.13. The Hall–Kier alpha value is -1.97. The van der Waals surface area contributed by atoms with Crippen molar-refractivity contribution in [1.29, 1.82) is 0 Å². The second-order valence-electron chi connectivity index (χ2n) is 4.35. The van der Waals surface area contributed by atoms with Crippen LogP contribution < -0.4 is 0 Å². The summed E-state index contributed by atoms with van der Waals surface area (Å²) in [6.07, 6.45) is 7.18. The van der Waals surface area contributed by atoms with Crippen molar-refractivity contribution in [3.8, 4) is 0 Å². The molecule has 0 saturated heterocycles. The monoisotopic (exact) mass is 230 g/mol. The van der Waals surface area contributed by atoms with E-state index in [-0.39, 0.29) is 17.3 Å². The first kappa shape index (κ1) is 10.2. The molecule has 2 aliphatic carbocycles. The maximum absolute atomic E-state index is 11.9. The number of fused-ring (bicyclic) bond motifs is 1. The van der Waals surface area contributed by atoms with Gasteiger partial charge in [0.25, 0.3) is 0 Å². The average Bonchev–Trinajstić information content (AvgIpc) is 2.69. The molecule has 0 unspecified atom stereocenters. The Labute approximate surface area is 97.6 Å². The third-order valence-corrected chi connectivity index (χ3v) is 3.28. The first-order valence-electron chi connectivity index (χ1n) is 5.55. The number of Topliss-reactive ketones (excluding diaryl/α,β-unsaturated/α-hetero) is 2. The second kappa shape index (κ2) is 3.26. The van der Waals surface area contributed by atoms with Crippen LogP contribution >= 0.6 is 0 Å². The molecule has 86 valence electrons. The van der Waals surface area contributed by atoms with Gasteiger partial charge in [-0.1, -0.05) is 6.08 Å². The molecular formula is C13H10O4. The van der Waals surface area contributed by atoms with Gasteiger partial charge in [0.2, 0.25) is 5.60 Å². The van der Waals surface area contributed by atoms with Crippen LogP contribution in [0.15, 0.2) is 35.6 Å². The van der Waals surface area contributed by atoms with Crippen LogP contribution in [0.5, 0.6) is 0 Å². The van der Waals surface area contributed by atoms with Crippen LogP contribution in [0, 0.1) is 0 Å². The molecule has 0 aromatic rings. The summed E-state index contributed by atoms with van der Waals surface area (Å²) in [5, 5.41) is 0. The summed E-state index contributed by atoms with van der Waals surface area (Å²) >= 11 is 0. The van der Waals surface area contributed by atoms with Gasteiger partial charge in [0.15, 0.2) is 17.3 Å². The van der Waals surface area contributed by atoms with Gasteiger partial charge in [-0.15, -0.1) is 0 Å². The third kappa shape index (κ3) is 1.27. The zero-order chi connectivity index (χ0) is 12.0. The number of hydrogen-bond acceptors (Lipinski definition) is 4. The van der Waals surface area contributed by atoms with E-state index >= 15 is 0 Å². The van der Waals surface area contributed by atoms with Gasteiger partial charge >= 0.3 is 0 Å². The number of ether oxygens (including phenoxy) is 1. The van der Waals surface area contributed by atoms with Crippen LogP contribution in [0.3, 0.4) is 0 Å². The van der Waals surface area contributed by atoms with E-state index in [0.29, 0.717) is 30.6 Å². The molecule has 1 fully saturated rings. The van der Waals surface area contributed by atoms with E-state index in [1.807, 2.05) is 0 Å². The summed E-state index contributed by atoms with van der Waals surface area (Å²) in [5.41, 5.74) is -1.18. The van der Waals surface area contributed by atoms with E-state index in [1.54, 1.807) is 12.2 Å². The highest BCUT2D eigenvalue weighted by atomic mass is 16.5. The number of carbonyl (C=O) groups is 3. The predicted octanol–water partition coefficient (Wildman–Crippen LogP) is 1.03. The lowest BCUT2D eigenvalue weighted by Gasteiger charge is -2.28. The van der Waals surface area contributed by atoms with Gasteiger partial charge in [-0.25, -0.2) is 0 Å². The van der Waals surface area contributed by atoms with Gasteiger partial charge in [-0.05, 0) is 24.6 Å². The SMILES string of the molecule is O=C1C=CC=C2OC3(C=C12)C(=O)CCCC3=O. The maximum atomic E-state index is 11.9. The first-order valence-corrected chi connectivity index (χ1v) is 5.55. The van der Waals surface area contributed by atoms with E-state index < -0.39 is 5.60 Å². The summed E-state index contributed by atoms with van der Waals surface area (Å²) in [6, 6.07) is 0. The Morgan fingerprint density at radius 1 is 1.12 bits per heavy atom. The topological polar surface area (TPSA) is 60.4 Å². The van der Waals surface area contributed by atoms with E-state index in [4.69, 9.17) is 4.74 Å². The minimum atomic E-state index is -1.51. The Kier molecular flexibility index (Phi) is 1.96. The Morgan fingerprint density at radius 3 is 2.47 bits per heavy atom. The molecule has 1 saturated carbocycles. The molecular weight excluding hydrogens is 220 g/mol. The molecule has 0 atom stereocenters. The van der Waals surface area contributed by atoms with Crippen LogP contribution in [-0.2, 0) is 19.1 Å². The standard InChI is InChI=1S/C13H10O4/c14-9-3-1-4-10-8(9)7-13(17-10)11(15)5-2-6-12(13)16/h1,3-4,7H,2,5-6H2. The van der Waals surface area contributed by atoms with Crippen molar-refractivity contribution in [1.82, 2.24) is 0 Å². The van der Waals surface area contributed by atoms with Crippen LogP contribution in [0.2, 0.25) is 0 Å². The van der Waals surface area contributed by atoms with E-state index in [9.17, 15) is 14.4 Å². The molecule has 1 aliphatic heterocycles. The number of carbonyl (C=O) groups excluding carboxylic acids is 3. The number of allylic oxidation sites excluding steroid dienone is 4. The normalized spacial score (nSPS) is 25.5. The largest absolute Gasteiger partial charge is 0.467 e. The quantitative estimate of drug-likeness (QED) is 0.583. The fraction of sp³-hybridized carbons (Fsp3) is 0.308. The summed E-state index contributed by atoms with van der Waals surface area (Å²) in [6.45, 7) is 0. The molecule has 1 spiro atoms. The fourth-order valence-electron chi connectivity index (χ4n) is 2.37. The second-order valence-corrected chi connectivity index (χ2v) is 4.35. The van der Waals surface area contributed by atoms with Crippen molar-refractivity contribution in [2.24, 2.45) is 0 Å². The smallest absolute Gasteiger partial charge is 0.243 e. The molecule has 17 heavy (non-hydrogen) atoms. The number of ketones is 3. The molecule has 0 N–H and O–H groups in total. The minimum Gasteiger partial charge on any atom is -0.467 e. The lowest BCUT2D eigenvalue weighted by Crippen LogP contribution is -2.47. The Bertz CT molecular complexity index is 518. The zero-order valence-electron chi connectivity index (χ0n) is 9.06. The van der Waals surface area contributed by atoms with Gasteiger partial charge in [-0.3, -0.25) is 14.4 Å². The van der Waals surface area contributed by atoms with Gasteiger partial charge in [-0.2, -0.15) is 0 Å². The summed E-state index contributed by atoms with van der Waals surface area (Å²) in [7, 11) is 0. The predicted molar refractivity (Wildman–Crippen MR) is 58.0 cm³/mol. The highest BCUT2D eigenvalue weighted by Crippen LogP contribution is 2.39. The van der Waals surface area contributed by atoms with Crippen LogP contribution in [0.4, 0.5) is 0 Å². The molecule has 0 radical (unpaired) electrons. The Morgan fingerprint density at radius 2 is 1.82 bits per heavy atom. The van der Waals surface area contributed by atoms with Gasteiger partial charge in [0.05, 0.1) is 5.57 Å². The van der Waals surface area contributed by atoms with Crippen LogP contribution in [0.1, 0.15) is 19.3 Å². The highest BCUT2D eigenvalue weighted by molar-refractivity contribution is 6.18. The maximum Gasteiger partial charge on any atom is 0.243 e. The summed E-state index contributed by atoms with van der Waals surface area (Å²) < 4.78 is 5.49. The molecule has 3 aliphatic rings. The molecule has 4 heteroatoms. The fourth-order valence-corrected chi connectivity index (χ4v) is 2.37. The molecule has 0 bridgehead atoms. The van der Waals surface area contributed by atoms with Crippen molar-refractivity contribution in [3.05, 3.63) is 35.6 Å². The van der Waals surface area contributed by atoms with Crippen molar-refractivity contribution in [2.75, 3.05) is 0 Å². The van der Waals surface area contributed by atoms with Crippen LogP contribution in [-0.4, -0.2) is 23.0 Å². The molecule has 4 nitrogen and oxygen atoms in total. The van der Waals surface area contributed by atoms with Crippen molar-refractivity contribution < 1.29 is 19.1 Å². The van der Waals surface area contributed by atoms with E-state index in [2.05, 4.69) is 0 Å². The highest BCUT2D eigenvalue weighted by Gasteiger charge is 2.52. The van der Waals surface area contributed by atoms with Crippen molar-refractivity contribution >= 4 is 17.3 Å². The lowest BCUT2D eigenvalue weighted by molar-refractivity contribution is -0.149. The minimum absolute atomic E-state index is 0.217. The molecule has 0 aromatic carbocycles. The molecule has 1 heterocycles. The van der Waals surface area contributed by atoms with Gasteiger partial charge in [0.1, 0.15) is 5.76 Å². The summed E-state index contributed by atoms with van der Waals surface area (Å²) in [5.74, 6) is -0.375. The third-order valence-electron chi connectivity index (χ3n) is 3.28.